The maximum Gasteiger partial charge on any atom is 0.264 e. The molecule has 2 amide bonds. The molecule has 4 aromatic carbocycles. The number of hydrogen-bond donors (Lipinski definition) is 1. The Morgan fingerprint density at radius 2 is 1.49 bits per heavy atom. The minimum atomic E-state index is -4.17. The normalized spacial score (nSPS) is 12.6. The second kappa shape index (κ2) is 15.4. The van der Waals surface area contributed by atoms with Crippen LogP contribution in [0.5, 0.6) is 0 Å². The number of amides is 2. The Balaban J connectivity index is 1.81. The van der Waals surface area contributed by atoms with E-state index in [9.17, 15) is 18.0 Å². The summed E-state index contributed by atoms with van der Waals surface area (Å²) in [5.41, 5.74) is 2.63. The van der Waals surface area contributed by atoms with Crippen LogP contribution in [0.25, 0.3) is 0 Å². The maximum absolute atomic E-state index is 14.5. The highest BCUT2D eigenvalue weighted by atomic mass is 35.5. The van der Waals surface area contributed by atoms with Gasteiger partial charge >= 0.3 is 0 Å². The zero-order valence-electron chi connectivity index (χ0n) is 25.5. The molecular formula is C35H37Cl2N3O4S. The fourth-order valence-electron chi connectivity index (χ4n) is 4.79. The summed E-state index contributed by atoms with van der Waals surface area (Å²) in [7, 11) is -4.17. The molecule has 0 fully saturated rings. The number of nitrogens with zero attached hydrogens (tertiary/aromatic N) is 2. The molecule has 4 aromatic rings. The number of hydrogen-bond acceptors (Lipinski definition) is 4. The lowest BCUT2D eigenvalue weighted by molar-refractivity contribution is -0.140. The number of aryl methyl sites for hydroxylation is 1. The highest BCUT2D eigenvalue weighted by molar-refractivity contribution is 7.92. The predicted octanol–water partition coefficient (Wildman–Crippen LogP) is 7.05. The topological polar surface area (TPSA) is 86.8 Å². The minimum absolute atomic E-state index is 0.0481. The molecule has 0 aliphatic rings. The van der Waals surface area contributed by atoms with Gasteiger partial charge in [0.15, 0.2) is 0 Å². The standard InChI is InChI=1S/C35H37Cl2N3O4S/c1-4-26(3)38-35(42)33(21-27-11-7-5-8-12-27)39(23-28-17-18-29(36)22-32(28)37)34(41)24-40(30-13-9-6-10-14-30)45(43,44)31-19-15-25(2)16-20-31/h5-20,22,26,33H,4,21,23-24H2,1-3H3,(H,38,42)/t26-,33+/m1/s1. The van der Waals surface area contributed by atoms with Crippen LogP contribution in [-0.2, 0) is 32.6 Å². The van der Waals surface area contributed by atoms with Gasteiger partial charge in [-0.3, -0.25) is 13.9 Å². The van der Waals surface area contributed by atoms with Crippen molar-refractivity contribution in [3.8, 4) is 0 Å². The Hall–Kier alpha value is -3.85. The molecule has 45 heavy (non-hydrogen) atoms. The van der Waals surface area contributed by atoms with Gasteiger partial charge in [0.25, 0.3) is 10.0 Å². The quantitative estimate of drug-likeness (QED) is 0.166. The fraction of sp³-hybridized carbons (Fsp3) is 0.257. The van der Waals surface area contributed by atoms with Crippen LogP contribution in [0.1, 0.15) is 37.0 Å². The molecule has 2 atom stereocenters. The summed E-state index contributed by atoms with van der Waals surface area (Å²) in [5, 5.41) is 3.78. The molecule has 10 heteroatoms. The molecule has 4 rings (SSSR count). The van der Waals surface area contributed by atoms with E-state index >= 15 is 0 Å². The molecule has 0 heterocycles. The van der Waals surface area contributed by atoms with E-state index in [2.05, 4.69) is 5.32 Å². The van der Waals surface area contributed by atoms with E-state index < -0.39 is 28.5 Å². The SMILES string of the molecule is CC[C@@H](C)NC(=O)[C@H](Cc1ccccc1)N(Cc1ccc(Cl)cc1Cl)C(=O)CN(c1ccccc1)S(=O)(=O)c1ccc(C)cc1. The number of sulfonamides is 1. The van der Waals surface area contributed by atoms with Crippen molar-refractivity contribution in [3.63, 3.8) is 0 Å². The first-order valence-electron chi connectivity index (χ1n) is 14.7. The van der Waals surface area contributed by atoms with Gasteiger partial charge in [-0.2, -0.15) is 0 Å². The van der Waals surface area contributed by atoms with Crippen LogP contribution < -0.4 is 9.62 Å². The van der Waals surface area contributed by atoms with E-state index in [0.717, 1.165) is 15.4 Å². The average Bonchev–Trinajstić information content (AvgIpc) is 3.03. The molecule has 236 valence electrons. The number of nitrogens with one attached hydrogen (secondary N) is 1. The van der Waals surface area contributed by atoms with Crippen molar-refractivity contribution in [2.45, 2.75) is 57.1 Å². The van der Waals surface area contributed by atoms with Crippen LogP contribution in [0, 0.1) is 6.92 Å². The second-order valence-electron chi connectivity index (χ2n) is 10.9. The molecule has 0 spiro atoms. The van der Waals surface area contributed by atoms with Crippen LogP contribution >= 0.6 is 23.2 Å². The maximum atomic E-state index is 14.5. The highest BCUT2D eigenvalue weighted by Crippen LogP contribution is 2.27. The van der Waals surface area contributed by atoms with Gasteiger partial charge in [-0.15, -0.1) is 0 Å². The molecule has 1 N–H and O–H groups in total. The average molecular weight is 667 g/mol. The molecule has 7 nitrogen and oxygen atoms in total. The summed E-state index contributed by atoms with van der Waals surface area (Å²) < 4.78 is 29.2. The molecular weight excluding hydrogens is 629 g/mol. The third-order valence-corrected chi connectivity index (χ3v) is 9.93. The third kappa shape index (κ3) is 8.87. The first-order chi connectivity index (χ1) is 21.5. The summed E-state index contributed by atoms with van der Waals surface area (Å²) >= 11 is 12.7. The van der Waals surface area contributed by atoms with Crippen LogP contribution in [0.15, 0.2) is 108 Å². The molecule has 0 unspecified atom stereocenters. The smallest absolute Gasteiger partial charge is 0.264 e. The molecule has 0 aromatic heterocycles. The monoisotopic (exact) mass is 665 g/mol. The van der Waals surface area contributed by atoms with Gasteiger partial charge in [0.05, 0.1) is 10.6 Å². The fourth-order valence-corrected chi connectivity index (χ4v) is 6.67. The Morgan fingerprint density at radius 1 is 0.867 bits per heavy atom. The van der Waals surface area contributed by atoms with Crippen LogP contribution in [0.2, 0.25) is 10.0 Å². The van der Waals surface area contributed by atoms with Crippen molar-refractivity contribution in [3.05, 3.63) is 130 Å². The van der Waals surface area contributed by atoms with Gasteiger partial charge in [0.2, 0.25) is 11.8 Å². The molecule has 0 aliphatic carbocycles. The van der Waals surface area contributed by atoms with Crippen LogP contribution in [0.4, 0.5) is 5.69 Å². The molecule has 0 radical (unpaired) electrons. The third-order valence-electron chi connectivity index (χ3n) is 7.56. The van der Waals surface area contributed by atoms with E-state index in [-0.39, 0.29) is 29.8 Å². The van der Waals surface area contributed by atoms with Crippen molar-refractivity contribution in [1.82, 2.24) is 10.2 Å². The molecule has 0 aliphatic heterocycles. The number of benzene rings is 4. The Bertz CT molecular complexity index is 1700. The number of carbonyl (C=O) groups is 2. The Kier molecular flexibility index (Phi) is 11.7. The zero-order chi connectivity index (χ0) is 32.6. The molecule has 0 saturated heterocycles. The van der Waals surface area contributed by atoms with Crippen molar-refractivity contribution >= 4 is 50.7 Å². The van der Waals surface area contributed by atoms with Gasteiger partial charge < -0.3 is 10.2 Å². The summed E-state index contributed by atoms with van der Waals surface area (Å²) in [6.07, 6.45) is 0.896. The van der Waals surface area contributed by atoms with Gasteiger partial charge in [-0.25, -0.2) is 8.42 Å². The highest BCUT2D eigenvalue weighted by Gasteiger charge is 2.35. The van der Waals surface area contributed by atoms with E-state index in [1.807, 2.05) is 51.1 Å². The van der Waals surface area contributed by atoms with E-state index in [0.29, 0.717) is 27.7 Å². The largest absolute Gasteiger partial charge is 0.352 e. The van der Waals surface area contributed by atoms with Gasteiger partial charge in [0.1, 0.15) is 12.6 Å². The molecule has 0 saturated carbocycles. The van der Waals surface area contributed by atoms with Gasteiger partial charge in [-0.1, -0.05) is 102 Å². The summed E-state index contributed by atoms with van der Waals surface area (Å²) in [6, 6.07) is 28.1. The number of rotatable bonds is 13. The van der Waals surface area contributed by atoms with E-state index in [1.165, 1.54) is 17.0 Å². The van der Waals surface area contributed by atoms with Crippen LogP contribution in [0.3, 0.4) is 0 Å². The predicted molar refractivity (Wildman–Crippen MR) is 181 cm³/mol. The summed E-state index contributed by atoms with van der Waals surface area (Å²) in [6.45, 7) is 5.12. The van der Waals surface area contributed by atoms with Crippen molar-refractivity contribution in [2.24, 2.45) is 0 Å². The van der Waals surface area contributed by atoms with Gasteiger partial charge in [0, 0.05) is 29.1 Å². The molecule has 0 bridgehead atoms. The summed E-state index contributed by atoms with van der Waals surface area (Å²) in [5.74, 6) is -0.917. The Labute approximate surface area is 275 Å². The van der Waals surface area contributed by atoms with Crippen molar-refractivity contribution < 1.29 is 18.0 Å². The number of anilines is 1. The Morgan fingerprint density at radius 3 is 2.09 bits per heavy atom. The van der Waals surface area contributed by atoms with Crippen LogP contribution in [-0.4, -0.2) is 43.8 Å². The zero-order valence-corrected chi connectivity index (χ0v) is 27.8. The van der Waals surface area contributed by atoms with Crippen molar-refractivity contribution in [1.29, 1.82) is 0 Å². The number of para-hydroxylation sites is 1. The van der Waals surface area contributed by atoms with Gasteiger partial charge in [-0.05, 0) is 67.8 Å². The first-order valence-corrected chi connectivity index (χ1v) is 16.9. The minimum Gasteiger partial charge on any atom is -0.352 e. The second-order valence-corrected chi connectivity index (χ2v) is 13.6. The number of halogens is 2. The van der Waals surface area contributed by atoms with E-state index in [4.69, 9.17) is 23.2 Å². The van der Waals surface area contributed by atoms with Crippen molar-refractivity contribution in [2.75, 3.05) is 10.8 Å². The van der Waals surface area contributed by atoms with E-state index in [1.54, 1.807) is 60.7 Å². The summed E-state index contributed by atoms with van der Waals surface area (Å²) in [4.78, 5) is 29.9. The lowest BCUT2D eigenvalue weighted by Crippen LogP contribution is -2.54. The lowest BCUT2D eigenvalue weighted by Gasteiger charge is -2.34. The lowest BCUT2D eigenvalue weighted by atomic mass is 10.0. The number of carbonyl (C=O) groups excluding carboxylic acids is 2. The first kappa shape index (κ1) is 34.0.